The van der Waals surface area contributed by atoms with E-state index in [1.165, 1.54) is 0 Å². The number of aliphatic hydroxyl groups is 1. The lowest BCUT2D eigenvalue weighted by molar-refractivity contribution is -0.129. The lowest BCUT2D eigenvalue weighted by atomic mass is 9.71. The zero-order valence-corrected chi connectivity index (χ0v) is 7.99. The highest BCUT2D eigenvalue weighted by Gasteiger charge is 2.56. The van der Waals surface area contributed by atoms with Crippen molar-refractivity contribution in [3.8, 4) is 0 Å². The first-order chi connectivity index (χ1) is 6.06. The van der Waals surface area contributed by atoms with E-state index in [0.29, 0.717) is 5.92 Å². The first-order valence-corrected chi connectivity index (χ1v) is 5.03. The summed E-state index contributed by atoms with van der Waals surface area (Å²) < 4.78 is 0. The normalized spacial score (nSPS) is 45.1. The lowest BCUT2D eigenvalue weighted by Crippen LogP contribution is -2.42. The predicted octanol–water partition coefficient (Wildman–Crippen LogP) is 0.659. The monoisotopic (exact) mass is 183 g/mol. The minimum Gasteiger partial charge on any atom is -0.393 e. The molecule has 0 aromatic rings. The average Bonchev–Trinajstić information content (AvgIpc) is 2.60. The Morgan fingerprint density at radius 1 is 1.69 bits per heavy atom. The number of nitrogens with two attached hydrogens (primary N) is 1. The van der Waals surface area contributed by atoms with Gasteiger partial charge >= 0.3 is 0 Å². The van der Waals surface area contributed by atoms with Gasteiger partial charge in [0.15, 0.2) is 0 Å². The van der Waals surface area contributed by atoms with Crippen LogP contribution in [-0.2, 0) is 4.79 Å². The number of amides is 1. The molecule has 0 aromatic heterocycles. The molecular formula is C10H17NO2. The summed E-state index contributed by atoms with van der Waals surface area (Å²) in [6, 6.07) is 0. The van der Waals surface area contributed by atoms with Gasteiger partial charge in [-0.25, -0.2) is 0 Å². The molecule has 2 aliphatic rings. The SMILES string of the molecule is CC(O)C12CCC(CC1C(N)=O)C2. The second-order valence-electron chi connectivity index (χ2n) is 4.71. The number of carbonyl (C=O) groups is 1. The van der Waals surface area contributed by atoms with Crippen LogP contribution < -0.4 is 5.73 Å². The van der Waals surface area contributed by atoms with Crippen LogP contribution in [0.4, 0.5) is 0 Å². The highest BCUT2D eigenvalue weighted by molar-refractivity contribution is 5.78. The highest BCUT2D eigenvalue weighted by Crippen LogP contribution is 2.59. The second kappa shape index (κ2) is 2.71. The molecular weight excluding hydrogens is 166 g/mol. The van der Waals surface area contributed by atoms with Crippen molar-refractivity contribution in [3.05, 3.63) is 0 Å². The van der Waals surface area contributed by atoms with E-state index in [4.69, 9.17) is 5.73 Å². The van der Waals surface area contributed by atoms with Crippen LogP contribution >= 0.6 is 0 Å². The van der Waals surface area contributed by atoms with E-state index in [1.807, 2.05) is 0 Å². The van der Waals surface area contributed by atoms with Crippen LogP contribution in [0.2, 0.25) is 0 Å². The van der Waals surface area contributed by atoms with Crippen molar-refractivity contribution in [2.24, 2.45) is 23.0 Å². The third-order valence-electron chi connectivity index (χ3n) is 4.13. The third kappa shape index (κ3) is 1.10. The van der Waals surface area contributed by atoms with E-state index in [0.717, 1.165) is 25.7 Å². The van der Waals surface area contributed by atoms with Crippen molar-refractivity contribution >= 4 is 5.91 Å². The summed E-state index contributed by atoms with van der Waals surface area (Å²) in [7, 11) is 0. The molecule has 2 aliphatic carbocycles. The van der Waals surface area contributed by atoms with Gasteiger partial charge in [0.2, 0.25) is 5.91 Å². The van der Waals surface area contributed by atoms with E-state index in [-0.39, 0.29) is 17.2 Å². The highest BCUT2D eigenvalue weighted by atomic mass is 16.3. The van der Waals surface area contributed by atoms with Crippen molar-refractivity contribution in [1.29, 1.82) is 0 Å². The summed E-state index contributed by atoms with van der Waals surface area (Å²) in [6.07, 6.45) is 3.65. The van der Waals surface area contributed by atoms with E-state index < -0.39 is 6.10 Å². The maximum Gasteiger partial charge on any atom is 0.221 e. The summed E-state index contributed by atoms with van der Waals surface area (Å²) in [5, 5.41) is 9.74. The molecule has 0 aromatic carbocycles. The van der Waals surface area contributed by atoms with Crippen LogP contribution in [0.3, 0.4) is 0 Å². The maximum atomic E-state index is 11.2. The summed E-state index contributed by atoms with van der Waals surface area (Å²) in [4.78, 5) is 11.2. The molecule has 2 fully saturated rings. The van der Waals surface area contributed by atoms with Gasteiger partial charge < -0.3 is 10.8 Å². The maximum absolute atomic E-state index is 11.2. The zero-order valence-electron chi connectivity index (χ0n) is 7.99. The zero-order chi connectivity index (χ0) is 9.64. The third-order valence-corrected chi connectivity index (χ3v) is 4.13. The topological polar surface area (TPSA) is 63.3 Å². The first-order valence-electron chi connectivity index (χ1n) is 5.03. The Labute approximate surface area is 78.3 Å². The van der Waals surface area contributed by atoms with Gasteiger partial charge in [-0.1, -0.05) is 0 Å². The predicted molar refractivity (Wildman–Crippen MR) is 48.8 cm³/mol. The molecule has 74 valence electrons. The van der Waals surface area contributed by atoms with E-state index in [2.05, 4.69) is 0 Å². The van der Waals surface area contributed by atoms with Crippen LogP contribution in [0.5, 0.6) is 0 Å². The van der Waals surface area contributed by atoms with Crippen LogP contribution in [0.1, 0.15) is 32.6 Å². The number of hydrogen-bond acceptors (Lipinski definition) is 2. The molecule has 0 spiro atoms. The average molecular weight is 183 g/mol. The van der Waals surface area contributed by atoms with Crippen molar-refractivity contribution in [3.63, 3.8) is 0 Å². The Morgan fingerprint density at radius 3 is 2.77 bits per heavy atom. The van der Waals surface area contributed by atoms with Crippen LogP contribution in [0, 0.1) is 17.3 Å². The smallest absolute Gasteiger partial charge is 0.221 e. The van der Waals surface area contributed by atoms with Gasteiger partial charge in [0.05, 0.1) is 6.10 Å². The number of aliphatic hydroxyl groups excluding tert-OH is 1. The lowest BCUT2D eigenvalue weighted by Gasteiger charge is -2.35. The van der Waals surface area contributed by atoms with Gasteiger partial charge in [-0.3, -0.25) is 4.79 Å². The molecule has 1 amide bonds. The van der Waals surface area contributed by atoms with E-state index >= 15 is 0 Å². The van der Waals surface area contributed by atoms with Gasteiger partial charge in [-0.05, 0) is 38.5 Å². The van der Waals surface area contributed by atoms with Gasteiger partial charge in [-0.15, -0.1) is 0 Å². The van der Waals surface area contributed by atoms with Gasteiger partial charge in [0, 0.05) is 11.3 Å². The van der Waals surface area contributed by atoms with Crippen LogP contribution in [0.15, 0.2) is 0 Å². The Balaban J connectivity index is 2.27. The van der Waals surface area contributed by atoms with Crippen LogP contribution in [-0.4, -0.2) is 17.1 Å². The fraction of sp³-hybridized carbons (Fsp3) is 0.900. The summed E-state index contributed by atoms with van der Waals surface area (Å²) >= 11 is 0. The minimum absolute atomic E-state index is 0.0775. The van der Waals surface area contributed by atoms with Gasteiger partial charge in [0.25, 0.3) is 0 Å². The fourth-order valence-electron chi connectivity index (χ4n) is 3.37. The van der Waals surface area contributed by atoms with Gasteiger partial charge in [-0.2, -0.15) is 0 Å². The fourth-order valence-corrected chi connectivity index (χ4v) is 3.37. The molecule has 0 radical (unpaired) electrons. The largest absolute Gasteiger partial charge is 0.393 e. The molecule has 2 rings (SSSR count). The molecule has 3 heteroatoms. The van der Waals surface area contributed by atoms with Crippen molar-refractivity contribution in [2.45, 2.75) is 38.7 Å². The first kappa shape index (κ1) is 9.00. The number of primary amides is 1. The molecule has 13 heavy (non-hydrogen) atoms. The Morgan fingerprint density at radius 2 is 2.38 bits per heavy atom. The number of rotatable bonds is 2. The Bertz CT molecular complexity index is 239. The molecule has 4 unspecified atom stereocenters. The molecule has 0 saturated heterocycles. The molecule has 3 N–H and O–H groups in total. The van der Waals surface area contributed by atoms with Crippen molar-refractivity contribution in [2.75, 3.05) is 0 Å². The molecule has 4 atom stereocenters. The quantitative estimate of drug-likeness (QED) is 0.660. The van der Waals surface area contributed by atoms with Gasteiger partial charge in [0.1, 0.15) is 0 Å². The van der Waals surface area contributed by atoms with Crippen LogP contribution in [0.25, 0.3) is 0 Å². The summed E-state index contributed by atoms with van der Waals surface area (Å²) in [5.74, 6) is 0.335. The number of hydrogen-bond donors (Lipinski definition) is 2. The molecule has 0 aliphatic heterocycles. The Kier molecular flexibility index (Phi) is 1.88. The van der Waals surface area contributed by atoms with Crippen molar-refractivity contribution in [1.82, 2.24) is 0 Å². The summed E-state index contributed by atoms with van der Waals surface area (Å²) in [6.45, 7) is 1.80. The van der Waals surface area contributed by atoms with E-state index in [1.54, 1.807) is 6.92 Å². The Hall–Kier alpha value is -0.570. The molecule has 2 bridgehead atoms. The molecule has 2 saturated carbocycles. The summed E-state index contributed by atoms with van der Waals surface area (Å²) in [5.41, 5.74) is 5.19. The standard InChI is InChI=1S/C10H17NO2/c1-6(12)10-3-2-7(5-10)4-8(10)9(11)13/h6-8,12H,2-5H2,1H3,(H2,11,13). The van der Waals surface area contributed by atoms with Crippen molar-refractivity contribution < 1.29 is 9.90 Å². The van der Waals surface area contributed by atoms with E-state index in [9.17, 15) is 9.90 Å². The molecule has 3 nitrogen and oxygen atoms in total. The molecule has 0 heterocycles. The second-order valence-corrected chi connectivity index (χ2v) is 4.71. The number of carbonyl (C=O) groups excluding carboxylic acids is 1. The number of fused-ring (bicyclic) bond motifs is 2. The minimum atomic E-state index is -0.391.